The van der Waals surface area contributed by atoms with Gasteiger partial charge in [-0.05, 0) is 24.6 Å². The maximum Gasteiger partial charge on any atom is 0.221 e. The molecule has 1 atom stereocenters. The van der Waals surface area contributed by atoms with E-state index in [9.17, 15) is 4.79 Å². The van der Waals surface area contributed by atoms with Gasteiger partial charge in [0.2, 0.25) is 5.91 Å². The lowest BCUT2D eigenvalue weighted by Gasteiger charge is -2.15. The second-order valence-electron chi connectivity index (χ2n) is 3.76. The molecule has 1 rings (SSSR count). The normalized spacial score (nSPS) is 12.2. The molecule has 0 aliphatic heterocycles. The predicted octanol–water partition coefficient (Wildman–Crippen LogP) is 2.89. The Bertz CT molecular complexity index is 398. The zero-order valence-corrected chi connectivity index (χ0v) is 12.2. The highest BCUT2D eigenvalue weighted by Gasteiger charge is 2.09. The summed E-state index contributed by atoms with van der Waals surface area (Å²) in [7, 11) is 1.64. The summed E-state index contributed by atoms with van der Waals surface area (Å²) in [5.74, 6) is 0.0339. The van der Waals surface area contributed by atoms with Crippen LogP contribution < -0.4 is 10.6 Å². The van der Waals surface area contributed by atoms with E-state index in [2.05, 4.69) is 26.6 Å². The topological polar surface area (TPSA) is 41.1 Å². The summed E-state index contributed by atoms with van der Waals surface area (Å²) >= 11 is 9.51. The minimum absolute atomic E-state index is 0.0339. The molecular formula is C12H16BrClN2O. The fourth-order valence-corrected chi connectivity index (χ4v) is 2.33. The van der Waals surface area contributed by atoms with Crippen LogP contribution in [0.1, 0.15) is 24.9 Å². The Hall–Kier alpha value is -0.580. The van der Waals surface area contributed by atoms with Gasteiger partial charge in [-0.3, -0.25) is 4.79 Å². The molecule has 0 saturated heterocycles. The van der Waals surface area contributed by atoms with Gasteiger partial charge in [0.1, 0.15) is 0 Å². The van der Waals surface area contributed by atoms with Crippen LogP contribution in [0.3, 0.4) is 0 Å². The first-order chi connectivity index (χ1) is 8.04. The first kappa shape index (κ1) is 14.5. The zero-order chi connectivity index (χ0) is 12.8. The van der Waals surface area contributed by atoms with Crippen LogP contribution >= 0.6 is 27.5 Å². The number of hydrogen-bond acceptors (Lipinski definition) is 2. The Kier molecular flexibility index (Phi) is 5.95. The van der Waals surface area contributed by atoms with Gasteiger partial charge in [-0.25, -0.2) is 0 Å². The third-order valence-corrected chi connectivity index (χ3v) is 3.33. The molecule has 0 aromatic heterocycles. The third kappa shape index (κ3) is 4.66. The van der Waals surface area contributed by atoms with E-state index >= 15 is 0 Å². The fourth-order valence-electron chi connectivity index (χ4n) is 1.49. The van der Waals surface area contributed by atoms with Crippen molar-refractivity contribution in [1.82, 2.24) is 10.6 Å². The van der Waals surface area contributed by atoms with E-state index < -0.39 is 0 Å². The van der Waals surface area contributed by atoms with Crippen LogP contribution in [-0.4, -0.2) is 19.5 Å². The molecule has 94 valence electrons. The Morgan fingerprint density at radius 3 is 2.82 bits per heavy atom. The summed E-state index contributed by atoms with van der Waals surface area (Å²) in [6.07, 6.45) is 0.467. The van der Waals surface area contributed by atoms with Crippen LogP contribution in [0.5, 0.6) is 0 Å². The van der Waals surface area contributed by atoms with Gasteiger partial charge in [-0.15, -0.1) is 0 Å². The average molecular weight is 320 g/mol. The Morgan fingerprint density at radius 1 is 1.53 bits per heavy atom. The van der Waals surface area contributed by atoms with Crippen molar-refractivity contribution in [3.63, 3.8) is 0 Å². The highest BCUT2D eigenvalue weighted by Crippen LogP contribution is 2.26. The minimum atomic E-state index is 0.0339. The van der Waals surface area contributed by atoms with Crippen molar-refractivity contribution in [3.8, 4) is 0 Å². The Morgan fingerprint density at radius 2 is 2.24 bits per heavy atom. The van der Waals surface area contributed by atoms with E-state index in [1.54, 1.807) is 7.05 Å². The van der Waals surface area contributed by atoms with Crippen molar-refractivity contribution in [3.05, 3.63) is 33.3 Å². The van der Waals surface area contributed by atoms with Crippen LogP contribution in [0, 0.1) is 0 Å². The fraction of sp³-hybridized carbons (Fsp3) is 0.417. The molecule has 0 fully saturated rings. The predicted molar refractivity (Wildman–Crippen MR) is 74.3 cm³/mol. The molecule has 2 N–H and O–H groups in total. The number of carbonyl (C=O) groups is 1. The van der Waals surface area contributed by atoms with Gasteiger partial charge in [-0.2, -0.15) is 0 Å². The maximum absolute atomic E-state index is 11.1. The van der Waals surface area contributed by atoms with E-state index in [1.807, 2.05) is 25.1 Å². The largest absolute Gasteiger partial charge is 0.359 e. The monoisotopic (exact) mass is 318 g/mol. The molecular weight excluding hydrogens is 304 g/mol. The van der Waals surface area contributed by atoms with E-state index in [1.165, 1.54) is 0 Å². The van der Waals surface area contributed by atoms with E-state index in [-0.39, 0.29) is 11.9 Å². The van der Waals surface area contributed by atoms with Gasteiger partial charge in [0, 0.05) is 35.6 Å². The smallest absolute Gasteiger partial charge is 0.221 e. The summed E-state index contributed by atoms with van der Waals surface area (Å²) in [6.45, 7) is 2.66. The van der Waals surface area contributed by atoms with Gasteiger partial charge in [0.05, 0.1) is 0 Å². The van der Waals surface area contributed by atoms with Crippen molar-refractivity contribution in [2.24, 2.45) is 0 Å². The summed E-state index contributed by atoms with van der Waals surface area (Å²) in [5.41, 5.74) is 1.03. The quantitative estimate of drug-likeness (QED) is 0.876. The van der Waals surface area contributed by atoms with Gasteiger partial charge < -0.3 is 10.6 Å². The molecule has 0 radical (unpaired) electrons. The molecule has 0 spiro atoms. The highest BCUT2D eigenvalue weighted by atomic mass is 79.9. The van der Waals surface area contributed by atoms with Crippen LogP contribution in [0.15, 0.2) is 22.7 Å². The summed E-state index contributed by atoms with van der Waals surface area (Å²) < 4.78 is 0.962. The van der Waals surface area contributed by atoms with Crippen molar-refractivity contribution in [2.75, 3.05) is 13.6 Å². The first-order valence-electron chi connectivity index (χ1n) is 5.43. The second kappa shape index (κ2) is 6.99. The molecule has 17 heavy (non-hydrogen) atoms. The van der Waals surface area contributed by atoms with Crippen molar-refractivity contribution in [1.29, 1.82) is 0 Å². The lowest BCUT2D eigenvalue weighted by atomic mass is 10.1. The van der Waals surface area contributed by atoms with E-state index in [4.69, 9.17) is 11.6 Å². The third-order valence-electron chi connectivity index (χ3n) is 2.51. The lowest BCUT2D eigenvalue weighted by Crippen LogP contribution is -2.26. The summed E-state index contributed by atoms with van der Waals surface area (Å²) in [4.78, 5) is 11.1. The van der Waals surface area contributed by atoms with Crippen LogP contribution in [0.25, 0.3) is 0 Å². The molecule has 0 heterocycles. The zero-order valence-electron chi connectivity index (χ0n) is 9.89. The highest BCUT2D eigenvalue weighted by molar-refractivity contribution is 9.10. The number of nitrogens with one attached hydrogen (secondary N) is 2. The standard InChI is InChI=1S/C12H16BrClN2O/c1-8(16-6-5-12(17)15-2)10-4-3-9(13)7-11(10)14/h3-4,7-8,16H,5-6H2,1-2H3,(H,15,17). The molecule has 3 nitrogen and oxygen atoms in total. The number of halogens is 2. The first-order valence-corrected chi connectivity index (χ1v) is 6.60. The van der Waals surface area contributed by atoms with Crippen LogP contribution in [-0.2, 0) is 4.79 Å². The summed E-state index contributed by atoms with van der Waals surface area (Å²) in [5, 5.41) is 6.57. The molecule has 0 aliphatic carbocycles. The molecule has 1 aromatic rings. The number of hydrogen-bond donors (Lipinski definition) is 2. The molecule has 1 aromatic carbocycles. The van der Waals surface area contributed by atoms with Crippen molar-refractivity contribution in [2.45, 2.75) is 19.4 Å². The van der Waals surface area contributed by atoms with Gasteiger partial charge in [-0.1, -0.05) is 33.6 Å². The summed E-state index contributed by atoms with van der Waals surface area (Å²) in [6, 6.07) is 5.93. The number of carbonyl (C=O) groups excluding carboxylic acids is 1. The number of benzene rings is 1. The number of rotatable bonds is 5. The minimum Gasteiger partial charge on any atom is -0.359 e. The van der Waals surface area contributed by atoms with Crippen LogP contribution in [0.4, 0.5) is 0 Å². The Balaban J connectivity index is 2.52. The molecule has 0 bridgehead atoms. The van der Waals surface area contributed by atoms with Gasteiger partial charge >= 0.3 is 0 Å². The van der Waals surface area contributed by atoms with E-state index in [0.29, 0.717) is 13.0 Å². The Labute approximate surface area is 115 Å². The van der Waals surface area contributed by atoms with Crippen LogP contribution in [0.2, 0.25) is 5.02 Å². The SMILES string of the molecule is CNC(=O)CCNC(C)c1ccc(Br)cc1Cl. The molecule has 1 amide bonds. The second-order valence-corrected chi connectivity index (χ2v) is 5.09. The molecule has 5 heteroatoms. The average Bonchev–Trinajstić information content (AvgIpc) is 2.28. The van der Waals surface area contributed by atoms with E-state index in [0.717, 1.165) is 15.1 Å². The number of amides is 1. The lowest BCUT2D eigenvalue weighted by molar-refractivity contribution is -0.120. The van der Waals surface area contributed by atoms with Crippen molar-refractivity contribution >= 4 is 33.4 Å². The van der Waals surface area contributed by atoms with Crippen molar-refractivity contribution < 1.29 is 4.79 Å². The maximum atomic E-state index is 11.1. The molecule has 0 saturated carbocycles. The molecule has 0 aliphatic rings. The molecule has 1 unspecified atom stereocenters. The van der Waals surface area contributed by atoms with Gasteiger partial charge in [0.15, 0.2) is 0 Å². The van der Waals surface area contributed by atoms with Gasteiger partial charge in [0.25, 0.3) is 0 Å².